The number of nitrogens with zero attached hydrogens (tertiary/aromatic N) is 2. The maximum absolute atomic E-state index is 12.0. The number of nitrogens with two attached hydrogens (primary N) is 1. The predicted octanol–water partition coefficient (Wildman–Crippen LogP) is 1.87. The lowest BCUT2D eigenvalue weighted by Gasteiger charge is -2.35. The van der Waals surface area contributed by atoms with Gasteiger partial charge in [-0.3, -0.25) is 9.69 Å². The first kappa shape index (κ1) is 20.7. The van der Waals surface area contributed by atoms with Gasteiger partial charge in [0.1, 0.15) is 0 Å². The van der Waals surface area contributed by atoms with Crippen LogP contribution < -0.4 is 5.73 Å². The summed E-state index contributed by atoms with van der Waals surface area (Å²) >= 11 is 1.82. The molecule has 1 saturated heterocycles. The Hall–Kier alpha value is -0.330. The zero-order chi connectivity index (χ0) is 13.7. The summed E-state index contributed by atoms with van der Waals surface area (Å²) in [6.07, 6.45) is 1.12. The average molecular weight is 354 g/mol. The van der Waals surface area contributed by atoms with Gasteiger partial charge in [-0.1, -0.05) is 13.0 Å². The molecule has 1 unspecified atom stereocenters. The lowest BCUT2D eigenvalue weighted by atomic mass is 10.1. The van der Waals surface area contributed by atoms with Gasteiger partial charge in [-0.2, -0.15) is 0 Å². The van der Waals surface area contributed by atoms with Crippen LogP contribution in [-0.2, 0) is 11.2 Å². The third-order valence-corrected chi connectivity index (χ3v) is 4.65. The minimum atomic E-state index is -0.0438. The molecule has 0 bridgehead atoms. The summed E-state index contributed by atoms with van der Waals surface area (Å²) in [6.45, 7) is 7.09. The molecule has 2 N–H and O–H groups in total. The molecule has 0 aromatic carbocycles. The van der Waals surface area contributed by atoms with Gasteiger partial charge in [0.15, 0.2) is 0 Å². The summed E-state index contributed by atoms with van der Waals surface area (Å²) < 4.78 is 0. The Labute approximate surface area is 143 Å². The van der Waals surface area contributed by atoms with E-state index >= 15 is 0 Å². The van der Waals surface area contributed by atoms with Crippen LogP contribution in [0.5, 0.6) is 0 Å². The summed E-state index contributed by atoms with van der Waals surface area (Å²) in [5, 5.41) is 2.13. The van der Waals surface area contributed by atoms with Crippen molar-refractivity contribution >= 4 is 42.1 Å². The van der Waals surface area contributed by atoms with Gasteiger partial charge in [0, 0.05) is 50.1 Å². The maximum atomic E-state index is 12.0. The standard InChI is InChI=1S/C14H23N3OS.2ClH/c1-12(11-15)14(18)17-8-6-16(7-9-17)5-4-13-3-2-10-19-13;;/h2-3,10,12H,4-9,11,15H2,1H3;2*1H. The zero-order valence-electron chi connectivity index (χ0n) is 12.4. The van der Waals surface area contributed by atoms with Gasteiger partial charge in [0.25, 0.3) is 0 Å². The van der Waals surface area contributed by atoms with E-state index < -0.39 is 0 Å². The molecule has 21 heavy (non-hydrogen) atoms. The number of hydrogen-bond acceptors (Lipinski definition) is 4. The molecule has 0 spiro atoms. The molecule has 7 heteroatoms. The first-order chi connectivity index (χ1) is 9.20. The fourth-order valence-electron chi connectivity index (χ4n) is 2.33. The SMILES string of the molecule is CC(CN)C(=O)N1CCN(CCc2cccs2)CC1.Cl.Cl. The Balaban J connectivity index is 0.00000200. The molecule has 1 aliphatic rings. The molecule has 1 atom stereocenters. The summed E-state index contributed by atoms with van der Waals surface area (Å²) in [5.74, 6) is 0.165. The summed E-state index contributed by atoms with van der Waals surface area (Å²) in [4.78, 5) is 17.8. The highest BCUT2D eigenvalue weighted by Gasteiger charge is 2.23. The Morgan fingerprint density at radius 3 is 2.52 bits per heavy atom. The molecule has 122 valence electrons. The van der Waals surface area contributed by atoms with Gasteiger partial charge in [-0.05, 0) is 17.9 Å². The van der Waals surface area contributed by atoms with Crippen LogP contribution in [0.25, 0.3) is 0 Å². The highest BCUT2D eigenvalue weighted by molar-refractivity contribution is 7.09. The number of carbonyl (C=O) groups excluding carboxylic acids is 1. The molecule has 2 rings (SSSR count). The first-order valence-corrected chi connectivity index (χ1v) is 7.82. The van der Waals surface area contributed by atoms with Crippen molar-refractivity contribution in [3.05, 3.63) is 22.4 Å². The predicted molar refractivity (Wildman–Crippen MR) is 93.8 cm³/mol. The van der Waals surface area contributed by atoms with Crippen LogP contribution in [0.4, 0.5) is 0 Å². The zero-order valence-corrected chi connectivity index (χ0v) is 14.8. The second-order valence-corrected chi connectivity index (χ2v) is 6.17. The van der Waals surface area contributed by atoms with E-state index in [1.807, 2.05) is 23.2 Å². The summed E-state index contributed by atoms with van der Waals surface area (Å²) in [6, 6.07) is 4.29. The number of amides is 1. The van der Waals surface area contributed by atoms with Crippen molar-refractivity contribution in [2.75, 3.05) is 39.3 Å². The molecule has 0 aliphatic carbocycles. The number of halogens is 2. The van der Waals surface area contributed by atoms with Crippen molar-refractivity contribution in [1.82, 2.24) is 9.80 Å². The molecule has 2 heterocycles. The number of rotatable bonds is 5. The molecule has 1 aromatic heterocycles. The van der Waals surface area contributed by atoms with Crippen molar-refractivity contribution in [3.8, 4) is 0 Å². The van der Waals surface area contributed by atoms with Gasteiger partial charge in [-0.15, -0.1) is 36.2 Å². The average Bonchev–Trinajstić information content (AvgIpc) is 2.97. The van der Waals surface area contributed by atoms with Gasteiger partial charge >= 0.3 is 0 Å². The van der Waals surface area contributed by atoms with Crippen LogP contribution in [0.1, 0.15) is 11.8 Å². The molecule has 1 amide bonds. The number of hydrogen-bond donors (Lipinski definition) is 1. The van der Waals surface area contributed by atoms with Crippen LogP contribution in [0.2, 0.25) is 0 Å². The third kappa shape index (κ3) is 6.12. The minimum Gasteiger partial charge on any atom is -0.340 e. The van der Waals surface area contributed by atoms with E-state index in [0.717, 1.165) is 39.1 Å². The lowest BCUT2D eigenvalue weighted by molar-refractivity contribution is -0.136. The van der Waals surface area contributed by atoms with Crippen molar-refractivity contribution in [1.29, 1.82) is 0 Å². The smallest absolute Gasteiger partial charge is 0.226 e. The van der Waals surface area contributed by atoms with Crippen LogP contribution in [0, 0.1) is 5.92 Å². The van der Waals surface area contributed by atoms with Crippen molar-refractivity contribution < 1.29 is 4.79 Å². The quantitative estimate of drug-likeness (QED) is 0.878. The molecular formula is C14H25Cl2N3OS. The van der Waals surface area contributed by atoms with Gasteiger partial charge in [-0.25, -0.2) is 0 Å². The molecule has 1 aliphatic heterocycles. The van der Waals surface area contributed by atoms with E-state index in [-0.39, 0.29) is 36.6 Å². The summed E-state index contributed by atoms with van der Waals surface area (Å²) in [7, 11) is 0. The van der Waals surface area contributed by atoms with E-state index in [1.54, 1.807) is 0 Å². The minimum absolute atomic E-state index is 0. The maximum Gasteiger partial charge on any atom is 0.226 e. The number of carbonyl (C=O) groups is 1. The van der Waals surface area contributed by atoms with E-state index in [1.165, 1.54) is 4.88 Å². The van der Waals surface area contributed by atoms with Crippen molar-refractivity contribution in [3.63, 3.8) is 0 Å². The number of thiophene rings is 1. The highest BCUT2D eigenvalue weighted by Crippen LogP contribution is 2.11. The Morgan fingerprint density at radius 1 is 1.33 bits per heavy atom. The first-order valence-electron chi connectivity index (χ1n) is 6.94. The molecule has 0 radical (unpaired) electrons. The molecular weight excluding hydrogens is 329 g/mol. The molecule has 1 aromatic rings. The van der Waals surface area contributed by atoms with Crippen LogP contribution in [0.3, 0.4) is 0 Å². The lowest BCUT2D eigenvalue weighted by Crippen LogP contribution is -2.51. The van der Waals surface area contributed by atoms with Crippen molar-refractivity contribution in [2.24, 2.45) is 11.7 Å². The molecule has 1 fully saturated rings. The van der Waals surface area contributed by atoms with Crippen LogP contribution in [-0.4, -0.2) is 55.0 Å². The monoisotopic (exact) mass is 353 g/mol. The van der Waals surface area contributed by atoms with Gasteiger partial charge < -0.3 is 10.6 Å². The van der Waals surface area contributed by atoms with Gasteiger partial charge in [0.2, 0.25) is 5.91 Å². The Kier molecular flexibility index (Phi) is 10.2. The van der Waals surface area contributed by atoms with E-state index in [4.69, 9.17) is 5.73 Å². The fraction of sp³-hybridized carbons (Fsp3) is 0.643. The largest absolute Gasteiger partial charge is 0.340 e. The Bertz CT molecular complexity index is 395. The molecule has 4 nitrogen and oxygen atoms in total. The topological polar surface area (TPSA) is 49.6 Å². The van der Waals surface area contributed by atoms with E-state index in [2.05, 4.69) is 22.4 Å². The highest BCUT2D eigenvalue weighted by atomic mass is 35.5. The second kappa shape index (κ2) is 10.4. The number of piperazine rings is 1. The van der Waals surface area contributed by atoms with Crippen LogP contribution >= 0.6 is 36.2 Å². The van der Waals surface area contributed by atoms with Crippen molar-refractivity contribution in [2.45, 2.75) is 13.3 Å². The second-order valence-electron chi connectivity index (χ2n) is 5.13. The fourth-order valence-corrected chi connectivity index (χ4v) is 3.03. The Morgan fingerprint density at radius 2 is 2.00 bits per heavy atom. The van der Waals surface area contributed by atoms with E-state index in [0.29, 0.717) is 6.54 Å². The van der Waals surface area contributed by atoms with Crippen LogP contribution in [0.15, 0.2) is 17.5 Å². The van der Waals surface area contributed by atoms with E-state index in [9.17, 15) is 4.79 Å². The normalized spacial score (nSPS) is 16.8. The molecule has 0 saturated carbocycles. The third-order valence-electron chi connectivity index (χ3n) is 3.71. The van der Waals surface area contributed by atoms with Gasteiger partial charge in [0.05, 0.1) is 0 Å². The summed E-state index contributed by atoms with van der Waals surface area (Å²) in [5.41, 5.74) is 5.55.